The fourth-order valence-corrected chi connectivity index (χ4v) is 2.31. The summed E-state index contributed by atoms with van der Waals surface area (Å²) in [4.78, 5) is 11.9. The summed E-state index contributed by atoms with van der Waals surface area (Å²) in [6, 6.07) is 8.11. The van der Waals surface area contributed by atoms with Crippen molar-refractivity contribution < 1.29 is 9.90 Å². The Labute approximate surface area is 128 Å². The fraction of sp³-hybridized carbons (Fsp3) is 0.588. The first-order valence-electron chi connectivity index (χ1n) is 7.73. The van der Waals surface area contributed by atoms with Crippen LogP contribution in [0.3, 0.4) is 0 Å². The highest BCUT2D eigenvalue weighted by molar-refractivity contribution is 5.74. The molecule has 1 aromatic rings. The predicted molar refractivity (Wildman–Crippen MR) is 86.2 cm³/mol. The lowest BCUT2D eigenvalue weighted by Gasteiger charge is -2.18. The van der Waals surface area contributed by atoms with Crippen LogP contribution in [0.5, 0.6) is 0 Å². The van der Waals surface area contributed by atoms with Crippen LogP contribution >= 0.6 is 0 Å². The molecule has 0 heterocycles. The molecule has 3 atom stereocenters. The number of amides is 2. The topological polar surface area (TPSA) is 61.4 Å². The van der Waals surface area contributed by atoms with Crippen molar-refractivity contribution in [1.82, 2.24) is 10.6 Å². The summed E-state index contributed by atoms with van der Waals surface area (Å²) in [6.07, 6.45) is 1.37. The number of hydrogen-bond donors (Lipinski definition) is 3. The van der Waals surface area contributed by atoms with Gasteiger partial charge in [0.1, 0.15) is 0 Å². The van der Waals surface area contributed by atoms with Crippen molar-refractivity contribution in [3.8, 4) is 0 Å². The van der Waals surface area contributed by atoms with Gasteiger partial charge in [0.15, 0.2) is 0 Å². The number of rotatable bonds is 7. The molecule has 4 heteroatoms. The second-order valence-electron chi connectivity index (χ2n) is 5.86. The van der Waals surface area contributed by atoms with E-state index < -0.39 is 0 Å². The summed E-state index contributed by atoms with van der Waals surface area (Å²) in [5, 5.41) is 15.1. The molecule has 4 nitrogen and oxygen atoms in total. The number of hydrogen-bond acceptors (Lipinski definition) is 2. The molecule has 0 fully saturated rings. The van der Waals surface area contributed by atoms with Crippen LogP contribution in [0, 0.1) is 5.92 Å². The standard InChI is InChI=1S/C17H28N2O2/c1-5-15-6-8-16(9-7-15)14(4)19-17(21)18-11-12(2)10-13(3)20/h6-9,12-14,20H,5,10-11H2,1-4H3,(H2,18,19,21). The largest absolute Gasteiger partial charge is 0.393 e. The highest BCUT2D eigenvalue weighted by Crippen LogP contribution is 2.13. The number of aryl methyl sites for hydroxylation is 1. The summed E-state index contributed by atoms with van der Waals surface area (Å²) in [5.41, 5.74) is 2.39. The second kappa shape index (κ2) is 8.67. The summed E-state index contributed by atoms with van der Waals surface area (Å²) in [7, 11) is 0. The van der Waals surface area contributed by atoms with Crippen molar-refractivity contribution in [1.29, 1.82) is 0 Å². The van der Waals surface area contributed by atoms with Gasteiger partial charge in [-0.1, -0.05) is 38.1 Å². The van der Waals surface area contributed by atoms with Gasteiger partial charge in [0.05, 0.1) is 12.1 Å². The Kier molecular flexibility index (Phi) is 7.23. The van der Waals surface area contributed by atoms with E-state index in [0.29, 0.717) is 13.0 Å². The molecular formula is C17H28N2O2. The molecule has 0 saturated carbocycles. The average molecular weight is 292 g/mol. The molecule has 2 amide bonds. The summed E-state index contributed by atoms with van der Waals surface area (Å²) < 4.78 is 0. The molecule has 0 aliphatic heterocycles. The van der Waals surface area contributed by atoms with Crippen molar-refractivity contribution in [3.05, 3.63) is 35.4 Å². The van der Waals surface area contributed by atoms with Gasteiger partial charge in [-0.05, 0) is 43.7 Å². The first kappa shape index (κ1) is 17.5. The van der Waals surface area contributed by atoms with Crippen molar-refractivity contribution >= 4 is 6.03 Å². The zero-order chi connectivity index (χ0) is 15.8. The molecule has 0 saturated heterocycles. The third-order valence-electron chi connectivity index (χ3n) is 3.59. The van der Waals surface area contributed by atoms with E-state index >= 15 is 0 Å². The van der Waals surface area contributed by atoms with Crippen molar-refractivity contribution in [2.75, 3.05) is 6.54 Å². The lowest BCUT2D eigenvalue weighted by Crippen LogP contribution is -2.39. The van der Waals surface area contributed by atoms with E-state index in [0.717, 1.165) is 12.0 Å². The predicted octanol–water partition coefficient (Wildman–Crippen LogP) is 3.02. The van der Waals surface area contributed by atoms with Crippen LogP contribution in [0.4, 0.5) is 4.79 Å². The molecule has 1 aromatic carbocycles. The molecule has 0 aromatic heterocycles. The van der Waals surface area contributed by atoms with Gasteiger partial charge in [-0.15, -0.1) is 0 Å². The van der Waals surface area contributed by atoms with E-state index in [4.69, 9.17) is 0 Å². The highest BCUT2D eigenvalue weighted by Gasteiger charge is 2.11. The van der Waals surface area contributed by atoms with Gasteiger partial charge in [0.25, 0.3) is 0 Å². The molecular weight excluding hydrogens is 264 g/mol. The molecule has 0 aliphatic rings. The SMILES string of the molecule is CCc1ccc(C(C)NC(=O)NCC(C)CC(C)O)cc1. The van der Waals surface area contributed by atoms with Crippen molar-refractivity contribution in [2.24, 2.45) is 5.92 Å². The van der Waals surface area contributed by atoms with E-state index in [1.807, 2.05) is 13.8 Å². The van der Waals surface area contributed by atoms with E-state index in [1.54, 1.807) is 6.92 Å². The summed E-state index contributed by atoms with van der Waals surface area (Å²) in [5.74, 6) is 0.259. The molecule has 3 unspecified atom stereocenters. The maximum atomic E-state index is 11.9. The van der Waals surface area contributed by atoms with Crippen LogP contribution in [0.2, 0.25) is 0 Å². The lowest BCUT2D eigenvalue weighted by atomic mass is 10.0. The molecule has 21 heavy (non-hydrogen) atoms. The zero-order valence-corrected chi connectivity index (χ0v) is 13.5. The van der Waals surface area contributed by atoms with Crippen LogP contribution < -0.4 is 10.6 Å². The normalized spacial score (nSPS) is 15.1. The molecule has 3 N–H and O–H groups in total. The highest BCUT2D eigenvalue weighted by atomic mass is 16.3. The molecule has 0 radical (unpaired) electrons. The number of benzene rings is 1. The third-order valence-corrected chi connectivity index (χ3v) is 3.59. The third kappa shape index (κ3) is 6.63. The Balaban J connectivity index is 2.39. The monoisotopic (exact) mass is 292 g/mol. The van der Waals surface area contributed by atoms with Crippen molar-refractivity contribution in [3.63, 3.8) is 0 Å². The van der Waals surface area contributed by atoms with E-state index in [9.17, 15) is 9.90 Å². The minimum Gasteiger partial charge on any atom is -0.393 e. The van der Waals surface area contributed by atoms with Gasteiger partial charge in [-0.2, -0.15) is 0 Å². The maximum Gasteiger partial charge on any atom is 0.315 e. The number of urea groups is 1. The Hall–Kier alpha value is -1.55. The fourth-order valence-electron chi connectivity index (χ4n) is 2.31. The number of aliphatic hydroxyl groups excluding tert-OH is 1. The van der Waals surface area contributed by atoms with Gasteiger partial charge >= 0.3 is 6.03 Å². The van der Waals surface area contributed by atoms with E-state index in [2.05, 4.69) is 41.8 Å². The van der Waals surface area contributed by atoms with Crippen LogP contribution in [-0.2, 0) is 6.42 Å². The van der Waals surface area contributed by atoms with Crippen LogP contribution in [0.15, 0.2) is 24.3 Å². The number of carbonyl (C=O) groups excluding carboxylic acids is 1. The van der Waals surface area contributed by atoms with Gasteiger partial charge in [-0.3, -0.25) is 0 Å². The Morgan fingerprint density at radius 3 is 2.33 bits per heavy atom. The van der Waals surface area contributed by atoms with Gasteiger partial charge in [0.2, 0.25) is 0 Å². The van der Waals surface area contributed by atoms with Crippen LogP contribution in [0.25, 0.3) is 0 Å². The first-order valence-corrected chi connectivity index (χ1v) is 7.73. The smallest absolute Gasteiger partial charge is 0.315 e. The average Bonchev–Trinajstić information content (AvgIpc) is 2.44. The minimum absolute atomic E-state index is 0.0250. The maximum absolute atomic E-state index is 11.9. The lowest BCUT2D eigenvalue weighted by molar-refractivity contribution is 0.163. The number of carbonyl (C=O) groups is 1. The van der Waals surface area contributed by atoms with Crippen LogP contribution in [0.1, 0.15) is 51.3 Å². The zero-order valence-electron chi connectivity index (χ0n) is 13.5. The Morgan fingerprint density at radius 1 is 1.19 bits per heavy atom. The Morgan fingerprint density at radius 2 is 1.81 bits per heavy atom. The molecule has 118 valence electrons. The van der Waals surface area contributed by atoms with E-state index in [-0.39, 0.29) is 24.1 Å². The van der Waals surface area contributed by atoms with Gasteiger partial charge < -0.3 is 15.7 Å². The molecule has 0 bridgehead atoms. The number of aliphatic hydroxyl groups is 1. The van der Waals surface area contributed by atoms with E-state index in [1.165, 1.54) is 5.56 Å². The summed E-state index contributed by atoms with van der Waals surface area (Å²) >= 11 is 0. The molecule has 1 rings (SSSR count). The molecule has 0 aliphatic carbocycles. The molecule has 0 spiro atoms. The number of nitrogens with one attached hydrogen (secondary N) is 2. The van der Waals surface area contributed by atoms with Gasteiger partial charge in [0, 0.05) is 6.54 Å². The van der Waals surface area contributed by atoms with Crippen molar-refractivity contribution in [2.45, 2.75) is 52.7 Å². The quantitative estimate of drug-likeness (QED) is 0.723. The Bertz CT molecular complexity index is 429. The summed E-state index contributed by atoms with van der Waals surface area (Å²) in [6.45, 7) is 8.44. The van der Waals surface area contributed by atoms with Gasteiger partial charge in [-0.25, -0.2) is 4.79 Å². The second-order valence-corrected chi connectivity index (χ2v) is 5.86. The first-order chi connectivity index (χ1) is 9.92. The van der Waals surface area contributed by atoms with Crippen LogP contribution in [-0.4, -0.2) is 23.8 Å². The minimum atomic E-state index is -0.333.